The number of hydrogen-bond donors (Lipinski definition) is 2. The number of anilines is 2. The molecule has 8 aromatic rings. The number of benzene rings is 5. The molecule has 4 N–H and O–H groups in total. The van der Waals surface area contributed by atoms with Gasteiger partial charge in [0, 0.05) is 4.47 Å². The molecule has 1 saturated carbocycles. The van der Waals surface area contributed by atoms with Crippen LogP contribution in [-0.4, -0.2) is 82.1 Å². The lowest BCUT2D eigenvalue weighted by molar-refractivity contribution is -0.158. The molecule has 0 spiro atoms. The number of nitrogens with zero attached hydrogens (tertiary/aromatic N) is 6. The molecule has 0 aliphatic heterocycles. The normalized spacial score (nSPS) is 12.1. The highest BCUT2D eigenvalue weighted by Crippen LogP contribution is 2.32. The summed E-state index contributed by atoms with van der Waals surface area (Å²) in [5.41, 5.74) is 21.2. The highest BCUT2D eigenvalue weighted by atomic mass is 79.9. The highest BCUT2D eigenvalue weighted by molar-refractivity contribution is 9.10. The minimum absolute atomic E-state index is 0.615. The van der Waals surface area contributed by atoms with E-state index in [2.05, 4.69) is 63.7 Å². The van der Waals surface area contributed by atoms with Crippen LogP contribution in [0.25, 0.3) is 66.2 Å². The predicted octanol–water partition coefficient (Wildman–Crippen LogP) is 7.04. The quantitative estimate of drug-likeness (QED) is 0.0510. The van der Waals surface area contributed by atoms with Gasteiger partial charge in [0.15, 0.2) is 0 Å². The zero-order valence-corrected chi connectivity index (χ0v) is 36.3. The number of nitrogen functional groups attached to an aromatic ring is 2. The number of carbonyl (C=O) groups is 6. The first-order valence-corrected chi connectivity index (χ1v) is 21.6. The number of Topliss-reactive ketones (excluding diaryl/α,β-unsaturated/α-hetero) is 6. The van der Waals surface area contributed by atoms with Gasteiger partial charge in [-0.25, -0.2) is 29.9 Å². The van der Waals surface area contributed by atoms with E-state index in [4.69, 9.17) is 41.4 Å². The number of ketones is 6. The third-order valence-electron chi connectivity index (χ3n) is 7.67. The topological polar surface area (TPSA) is 232 Å². The van der Waals surface area contributed by atoms with Gasteiger partial charge >= 0.3 is 0 Å². The fraction of sp³-hybridized carbons (Fsp3) is 0.0769. The molecule has 0 amide bonds. The number of rotatable bonds is 0. The maximum absolute atomic E-state index is 10.4. The van der Waals surface area contributed by atoms with Gasteiger partial charge in [-0.2, -0.15) is 0 Å². The minimum Gasteiger partial charge on any atom is -0.397 e. The monoisotopic (exact) mass is 1020 g/mol. The Bertz CT molecular complexity index is 2400. The lowest BCUT2D eigenvalue weighted by atomic mass is 9.93. The van der Waals surface area contributed by atoms with E-state index >= 15 is 0 Å². The number of halogens is 4. The van der Waals surface area contributed by atoms with Crippen LogP contribution < -0.4 is 11.5 Å². The van der Waals surface area contributed by atoms with Crippen LogP contribution in [0.2, 0.25) is 0 Å². The van der Waals surface area contributed by atoms with E-state index in [-0.39, 0.29) is 0 Å². The summed E-state index contributed by atoms with van der Waals surface area (Å²) in [5, 5.41) is 0. The Hall–Kier alpha value is -5.56. The number of hydrogen-bond acceptors (Lipinski definition) is 14. The molecule has 14 nitrogen and oxygen atoms in total. The molecular formula is C39H28Br4N8O6. The van der Waals surface area contributed by atoms with Crippen molar-refractivity contribution in [1.82, 2.24) is 29.9 Å². The molecule has 1 aliphatic rings. The van der Waals surface area contributed by atoms with Crippen LogP contribution in [0.3, 0.4) is 0 Å². The zero-order valence-electron chi connectivity index (χ0n) is 30.0. The van der Waals surface area contributed by atoms with Crippen molar-refractivity contribution in [3.63, 3.8) is 0 Å². The van der Waals surface area contributed by atoms with E-state index in [0.717, 1.165) is 37.6 Å². The second-order valence-corrected chi connectivity index (χ2v) is 11.9. The van der Waals surface area contributed by atoms with Crippen LogP contribution in [-0.2, 0) is 28.8 Å². The number of alkyl halides is 3. The lowest BCUT2D eigenvalue weighted by Gasteiger charge is -2.10. The Balaban J connectivity index is 0.000000221. The first kappa shape index (κ1) is 44.2. The summed E-state index contributed by atoms with van der Waals surface area (Å²) in [7, 11) is 0. The molecule has 0 unspecified atom stereocenters. The SMILES string of the molecule is CBr.CBr.CBr.Nc1ccc(Br)cc1N.O=C1C(=O)C(=O)C(=O)C(=O)C1=O.c1ccc2nc3c(nc2c1)c1nc2ccccc2nc1c1nc2ccccc2nc31. The van der Waals surface area contributed by atoms with Crippen LogP contribution in [0.4, 0.5) is 11.4 Å². The van der Waals surface area contributed by atoms with Gasteiger partial charge in [-0.1, -0.05) is 100 Å². The molecule has 3 aromatic heterocycles. The van der Waals surface area contributed by atoms with Crippen LogP contribution in [0.5, 0.6) is 0 Å². The average Bonchev–Trinajstić information content (AvgIpc) is 3.26. The molecule has 57 heavy (non-hydrogen) atoms. The van der Waals surface area contributed by atoms with Crippen molar-refractivity contribution in [3.05, 3.63) is 95.5 Å². The van der Waals surface area contributed by atoms with Crippen LogP contribution in [0, 0.1) is 0 Å². The Labute approximate surface area is 356 Å². The van der Waals surface area contributed by atoms with E-state index in [1.54, 1.807) is 12.1 Å². The summed E-state index contributed by atoms with van der Waals surface area (Å²) < 4.78 is 0.953. The van der Waals surface area contributed by atoms with Crippen molar-refractivity contribution in [2.75, 3.05) is 29.0 Å². The van der Waals surface area contributed by atoms with Gasteiger partial charge < -0.3 is 11.5 Å². The van der Waals surface area contributed by atoms with E-state index in [1.807, 2.05) is 96.4 Å². The van der Waals surface area contributed by atoms with Crippen LogP contribution in [0.15, 0.2) is 95.5 Å². The molecule has 5 aromatic carbocycles. The molecular weight excluding hydrogens is 996 g/mol. The molecule has 9 rings (SSSR count). The van der Waals surface area contributed by atoms with Crippen molar-refractivity contribution in [1.29, 1.82) is 0 Å². The molecule has 0 radical (unpaired) electrons. The molecule has 0 bridgehead atoms. The summed E-state index contributed by atoms with van der Waals surface area (Å²) in [4.78, 5) is 91.9. The Kier molecular flexibility index (Phi) is 15.5. The van der Waals surface area contributed by atoms with Gasteiger partial charge in [0.2, 0.25) is 0 Å². The van der Waals surface area contributed by atoms with Crippen molar-refractivity contribution in [2.45, 2.75) is 0 Å². The van der Waals surface area contributed by atoms with Gasteiger partial charge in [0.25, 0.3) is 34.7 Å². The Morgan fingerprint density at radius 1 is 0.351 bits per heavy atom. The summed E-state index contributed by atoms with van der Waals surface area (Å²) in [6, 6.07) is 28.9. The smallest absolute Gasteiger partial charge is 0.281 e. The summed E-state index contributed by atoms with van der Waals surface area (Å²) in [6.45, 7) is 0. The summed E-state index contributed by atoms with van der Waals surface area (Å²) in [6.07, 6.45) is 0. The first-order valence-electron chi connectivity index (χ1n) is 16.0. The number of aromatic nitrogens is 6. The first-order chi connectivity index (χ1) is 27.5. The third-order valence-corrected chi connectivity index (χ3v) is 8.16. The maximum Gasteiger partial charge on any atom is 0.281 e. The average molecular weight is 1020 g/mol. The Morgan fingerprint density at radius 2 is 0.561 bits per heavy atom. The molecule has 0 atom stereocenters. The second kappa shape index (κ2) is 20.0. The highest BCUT2D eigenvalue weighted by Gasteiger charge is 2.47. The summed E-state index contributed by atoms with van der Waals surface area (Å²) >= 11 is 12.1. The van der Waals surface area contributed by atoms with Crippen molar-refractivity contribution in [3.8, 4) is 0 Å². The molecule has 18 heteroatoms. The fourth-order valence-corrected chi connectivity index (χ4v) is 5.53. The number of nitrogens with two attached hydrogens (primary N) is 2. The maximum atomic E-state index is 10.4. The standard InChI is InChI=1S/C24H12N6.C6H7BrN2.C6O6.3CH3Br/c1-2-8-14-13(7-1)25-19-20(26-14)22-24(30-18-12-6-5-11-17(18)28-22)23-21(19)27-15-9-3-4-10-16(15)29-23;7-4-1-2-5(8)6(9)3-4;7-1-2(8)4(10)6(12)5(11)3(1)9;3*1-2/h1-12H;1-3H,8-9H2;;3*1H3. The zero-order chi connectivity index (χ0) is 42.0. The fourth-order valence-electron chi connectivity index (χ4n) is 5.16. The second-order valence-electron chi connectivity index (χ2n) is 11.0. The van der Waals surface area contributed by atoms with E-state index < -0.39 is 34.7 Å². The predicted molar refractivity (Wildman–Crippen MR) is 236 cm³/mol. The van der Waals surface area contributed by atoms with Crippen molar-refractivity contribution in [2.24, 2.45) is 0 Å². The molecule has 288 valence electrons. The Morgan fingerprint density at radius 3 is 0.737 bits per heavy atom. The molecule has 0 saturated heterocycles. The van der Waals surface area contributed by atoms with Gasteiger partial charge in [-0.3, -0.25) is 28.8 Å². The van der Waals surface area contributed by atoms with Gasteiger partial charge in [0.05, 0.1) is 44.5 Å². The molecule has 1 fully saturated rings. The largest absolute Gasteiger partial charge is 0.397 e. The van der Waals surface area contributed by atoms with E-state index in [1.165, 1.54) is 0 Å². The van der Waals surface area contributed by atoms with Gasteiger partial charge in [-0.15, -0.1) is 0 Å². The lowest BCUT2D eigenvalue weighted by Crippen LogP contribution is -2.49. The number of para-hydroxylation sites is 6. The van der Waals surface area contributed by atoms with Gasteiger partial charge in [-0.05, 0) is 72.1 Å². The van der Waals surface area contributed by atoms with E-state index in [0.29, 0.717) is 44.5 Å². The summed E-state index contributed by atoms with van der Waals surface area (Å²) in [5.74, 6) is -4.95. The van der Waals surface area contributed by atoms with Crippen LogP contribution >= 0.6 is 63.7 Å². The molecule has 3 heterocycles. The van der Waals surface area contributed by atoms with Gasteiger partial charge in [0.1, 0.15) is 33.1 Å². The number of fused-ring (bicyclic) bond motifs is 9. The van der Waals surface area contributed by atoms with Crippen LogP contribution in [0.1, 0.15) is 0 Å². The van der Waals surface area contributed by atoms with E-state index in [9.17, 15) is 28.8 Å². The van der Waals surface area contributed by atoms with Crippen molar-refractivity contribution < 1.29 is 28.8 Å². The molecule has 1 aliphatic carbocycles. The van der Waals surface area contributed by atoms with Crippen molar-refractivity contribution >= 4 is 176 Å². The third kappa shape index (κ3) is 9.36. The minimum atomic E-state index is -1.73. The number of carbonyl (C=O) groups excluding carboxylic acids is 6.